The maximum Gasteiger partial charge on any atom is 0.0882 e. The summed E-state index contributed by atoms with van der Waals surface area (Å²) in [6, 6.07) is 0.379. The van der Waals surface area contributed by atoms with Crippen LogP contribution in [0.3, 0.4) is 0 Å². The van der Waals surface area contributed by atoms with Gasteiger partial charge in [0.15, 0.2) is 0 Å². The Morgan fingerprint density at radius 1 is 1.21 bits per heavy atom. The molecule has 0 bridgehead atoms. The summed E-state index contributed by atoms with van der Waals surface area (Å²) in [5.74, 6) is 0. The molecule has 0 aromatic carbocycles. The van der Waals surface area contributed by atoms with Gasteiger partial charge in [-0.15, -0.1) is 12.4 Å². The highest BCUT2D eigenvalue weighted by Gasteiger charge is 2.41. The van der Waals surface area contributed by atoms with Crippen molar-refractivity contribution >= 4 is 12.4 Å². The number of halogens is 1. The van der Waals surface area contributed by atoms with Crippen LogP contribution < -0.4 is 5.73 Å². The van der Waals surface area contributed by atoms with Crippen LogP contribution >= 0.6 is 12.4 Å². The Morgan fingerprint density at radius 2 is 1.79 bits per heavy atom. The molecule has 14 heavy (non-hydrogen) atoms. The monoisotopic (exact) mass is 221 g/mol. The lowest BCUT2D eigenvalue weighted by Crippen LogP contribution is -2.32. The van der Waals surface area contributed by atoms with Gasteiger partial charge in [-0.2, -0.15) is 0 Å². The molecule has 0 radical (unpaired) electrons. The number of hydrogen-bond donors (Lipinski definition) is 2. The van der Waals surface area contributed by atoms with Crippen LogP contribution in [0, 0.1) is 0 Å². The second kappa shape index (κ2) is 4.79. The number of ether oxygens (including phenoxy) is 1. The van der Waals surface area contributed by atoms with E-state index in [4.69, 9.17) is 10.5 Å². The smallest absolute Gasteiger partial charge is 0.0882 e. The molecule has 0 aromatic heterocycles. The largest absolute Gasteiger partial charge is 0.387 e. The predicted octanol–water partition coefficient (Wildman–Crippen LogP) is 1.22. The standard InChI is InChI=1S/C10H19NO2.ClH/c11-8-1-3-9(4-2-8)13-7-10(12)5-6-10;/h8-9,12H,1-7,11H2;1H/t8-,9-;. The fraction of sp³-hybridized carbons (Fsp3) is 1.00. The second-order valence-electron chi connectivity index (χ2n) is 4.57. The van der Waals surface area contributed by atoms with Gasteiger partial charge in [0.25, 0.3) is 0 Å². The average Bonchev–Trinajstić information content (AvgIpc) is 2.84. The van der Waals surface area contributed by atoms with E-state index in [0.29, 0.717) is 18.8 Å². The van der Waals surface area contributed by atoms with E-state index in [2.05, 4.69) is 0 Å². The molecule has 2 fully saturated rings. The molecular formula is C10H20ClNO2. The zero-order chi connectivity index (χ0) is 9.31. The quantitative estimate of drug-likeness (QED) is 0.754. The van der Waals surface area contributed by atoms with Crippen LogP contribution in [0.4, 0.5) is 0 Å². The molecule has 2 aliphatic carbocycles. The molecule has 0 amide bonds. The molecule has 2 rings (SSSR count). The Labute approximate surface area is 91.4 Å². The molecule has 84 valence electrons. The van der Waals surface area contributed by atoms with E-state index in [9.17, 15) is 5.11 Å². The van der Waals surface area contributed by atoms with Gasteiger partial charge in [0.05, 0.1) is 18.3 Å². The van der Waals surface area contributed by atoms with Crippen LogP contribution in [-0.2, 0) is 4.74 Å². The normalized spacial score (nSPS) is 34.7. The molecule has 0 unspecified atom stereocenters. The number of hydrogen-bond acceptors (Lipinski definition) is 3. The van der Waals surface area contributed by atoms with Gasteiger partial charge in [0.2, 0.25) is 0 Å². The van der Waals surface area contributed by atoms with Gasteiger partial charge < -0.3 is 15.6 Å². The number of aliphatic hydroxyl groups is 1. The molecule has 3 N–H and O–H groups in total. The minimum atomic E-state index is -0.459. The fourth-order valence-electron chi connectivity index (χ4n) is 1.82. The van der Waals surface area contributed by atoms with E-state index < -0.39 is 5.60 Å². The molecular weight excluding hydrogens is 202 g/mol. The summed E-state index contributed by atoms with van der Waals surface area (Å²) in [5.41, 5.74) is 5.33. The molecule has 2 saturated carbocycles. The Kier molecular flexibility index (Phi) is 4.19. The summed E-state index contributed by atoms with van der Waals surface area (Å²) in [6.07, 6.45) is 6.46. The summed E-state index contributed by atoms with van der Waals surface area (Å²) in [4.78, 5) is 0. The topological polar surface area (TPSA) is 55.5 Å². The summed E-state index contributed by atoms with van der Waals surface area (Å²) < 4.78 is 5.65. The fourth-order valence-corrected chi connectivity index (χ4v) is 1.82. The van der Waals surface area contributed by atoms with Gasteiger partial charge in [0.1, 0.15) is 0 Å². The highest BCUT2D eigenvalue weighted by molar-refractivity contribution is 5.85. The molecule has 3 nitrogen and oxygen atoms in total. The summed E-state index contributed by atoms with van der Waals surface area (Å²) in [7, 11) is 0. The lowest BCUT2D eigenvalue weighted by atomic mass is 9.94. The van der Waals surface area contributed by atoms with Crippen molar-refractivity contribution in [1.29, 1.82) is 0 Å². The van der Waals surface area contributed by atoms with Crippen molar-refractivity contribution in [2.24, 2.45) is 5.73 Å². The first-order valence-electron chi connectivity index (χ1n) is 5.27. The Hall–Kier alpha value is 0.170. The Morgan fingerprint density at radius 3 is 2.29 bits per heavy atom. The van der Waals surface area contributed by atoms with Gasteiger partial charge in [0, 0.05) is 6.04 Å². The molecule has 4 heteroatoms. The van der Waals surface area contributed by atoms with Gasteiger partial charge in [-0.25, -0.2) is 0 Å². The zero-order valence-electron chi connectivity index (χ0n) is 8.45. The first kappa shape index (κ1) is 12.2. The molecule has 0 heterocycles. The van der Waals surface area contributed by atoms with Crippen LogP contribution in [0.2, 0.25) is 0 Å². The van der Waals surface area contributed by atoms with Crippen LogP contribution in [0.5, 0.6) is 0 Å². The third-order valence-electron chi connectivity index (χ3n) is 3.13. The zero-order valence-corrected chi connectivity index (χ0v) is 9.26. The third kappa shape index (κ3) is 3.39. The molecule has 0 saturated heterocycles. The van der Waals surface area contributed by atoms with Crippen LogP contribution in [0.25, 0.3) is 0 Å². The number of nitrogens with two attached hydrogens (primary N) is 1. The van der Waals surface area contributed by atoms with Crippen molar-refractivity contribution in [2.45, 2.75) is 56.3 Å². The first-order valence-corrected chi connectivity index (χ1v) is 5.27. The maximum atomic E-state index is 9.56. The van der Waals surface area contributed by atoms with E-state index in [0.717, 1.165) is 38.5 Å². The van der Waals surface area contributed by atoms with Crippen molar-refractivity contribution in [2.75, 3.05) is 6.61 Å². The summed E-state index contributed by atoms with van der Waals surface area (Å²) >= 11 is 0. The van der Waals surface area contributed by atoms with Crippen LogP contribution in [0.1, 0.15) is 38.5 Å². The van der Waals surface area contributed by atoms with E-state index in [1.54, 1.807) is 0 Å². The van der Waals surface area contributed by atoms with Crippen LogP contribution in [-0.4, -0.2) is 29.5 Å². The van der Waals surface area contributed by atoms with Crippen molar-refractivity contribution in [3.63, 3.8) is 0 Å². The Balaban J connectivity index is 0.000000980. The van der Waals surface area contributed by atoms with Gasteiger partial charge in [-0.3, -0.25) is 0 Å². The lowest BCUT2D eigenvalue weighted by Gasteiger charge is -2.26. The first-order chi connectivity index (χ1) is 6.18. The SMILES string of the molecule is Cl.N[C@H]1CC[C@H](OCC2(O)CC2)CC1. The van der Waals surface area contributed by atoms with Gasteiger partial charge >= 0.3 is 0 Å². The number of rotatable bonds is 3. The molecule has 0 aliphatic heterocycles. The minimum absolute atomic E-state index is 0. The average molecular weight is 222 g/mol. The summed E-state index contributed by atoms with van der Waals surface area (Å²) in [6.45, 7) is 0.535. The molecule has 2 aliphatic rings. The van der Waals surface area contributed by atoms with E-state index in [-0.39, 0.29) is 12.4 Å². The third-order valence-corrected chi connectivity index (χ3v) is 3.13. The lowest BCUT2D eigenvalue weighted by molar-refractivity contribution is -0.0359. The molecule has 0 atom stereocenters. The van der Waals surface area contributed by atoms with E-state index in [1.165, 1.54) is 0 Å². The van der Waals surface area contributed by atoms with Crippen molar-refractivity contribution in [3.05, 3.63) is 0 Å². The van der Waals surface area contributed by atoms with Gasteiger partial charge in [-0.1, -0.05) is 0 Å². The van der Waals surface area contributed by atoms with Gasteiger partial charge in [-0.05, 0) is 38.5 Å². The predicted molar refractivity (Wildman–Crippen MR) is 57.6 cm³/mol. The molecule has 0 aromatic rings. The van der Waals surface area contributed by atoms with Crippen molar-refractivity contribution < 1.29 is 9.84 Å². The van der Waals surface area contributed by atoms with Crippen LogP contribution in [0.15, 0.2) is 0 Å². The van der Waals surface area contributed by atoms with E-state index >= 15 is 0 Å². The van der Waals surface area contributed by atoms with Crippen molar-refractivity contribution in [1.82, 2.24) is 0 Å². The summed E-state index contributed by atoms with van der Waals surface area (Å²) in [5, 5.41) is 9.56. The van der Waals surface area contributed by atoms with E-state index in [1.807, 2.05) is 0 Å². The highest BCUT2D eigenvalue weighted by atomic mass is 35.5. The Bertz CT molecular complexity index is 177. The highest BCUT2D eigenvalue weighted by Crippen LogP contribution is 2.36. The van der Waals surface area contributed by atoms with Crippen molar-refractivity contribution in [3.8, 4) is 0 Å². The molecule has 0 spiro atoms. The minimum Gasteiger partial charge on any atom is -0.387 e. The maximum absolute atomic E-state index is 9.56. The second-order valence-corrected chi connectivity index (χ2v) is 4.57.